The zero-order valence-corrected chi connectivity index (χ0v) is 12.9. The molecule has 6 heteroatoms. The number of nitrogens with two attached hydrogens (primary N) is 1. The summed E-state index contributed by atoms with van der Waals surface area (Å²) in [4.78, 5) is 25.6. The average molecular weight is 313 g/mol. The van der Waals surface area contributed by atoms with Gasteiger partial charge in [0.2, 0.25) is 0 Å². The third kappa shape index (κ3) is 4.19. The first-order valence-electron chi connectivity index (χ1n) is 6.82. The Labute approximate surface area is 130 Å². The lowest BCUT2D eigenvalue weighted by molar-refractivity contribution is -0.141. The fourth-order valence-electron chi connectivity index (χ4n) is 2.54. The topological polar surface area (TPSA) is 72.6 Å². The number of halogens is 1. The SMILES string of the molecule is COC(=O)CC1CCCN1C(=O)c1ccc(CN)cc1.Cl. The first-order chi connectivity index (χ1) is 9.65. The molecule has 21 heavy (non-hydrogen) atoms. The molecular weight excluding hydrogens is 292 g/mol. The first kappa shape index (κ1) is 17.5. The van der Waals surface area contributed by atoms with Crippen molar-refractivity contribution in [1.82, 2.24) is 4.90 Å². The lowest BCUT2D eigenvalue weighted by Gasteiger charge is -2.24. The van der Waals surface area contributed by atoms with E-state index in [1.165, 1.54) is 7.11 Å². The van der Waals surface area contributed by atoms with Crippen LogP contribution in [0.5, 0.6) is 0 Å². The van der Waals surface area contributed by atoms with Gasteiger partial charge in [0.25, 0.3) is 5.91 Å². The number of carbonyl (C=O) groups is 2. The molecule has 0 aliphatic carbocycles. The molecule has 1 aliphatic heterocycles. The summed E-state index contributed by atoms with van der Waals surface area (Å²) in [5.74, 6) is -0.298. The van der Waals surface area contributed by atoms with Gasteiger partial charge in [-0.2, -0.15) is 0 Å². The molecule has 1 saturated heterocycles. The Morgan fingerprint density at radius 3 is 2.57 bits per heavy atom. The molecule has 1 fully saturated rings. The second-order valence-electron chi connectivity index (χ2n) is 4.98. The fraction of sp³-hybridized carbons (Fsp3) is 0.467. The molecule has 0 bridgehead atoms. The van der Waals surface area contributed by atoms with E-state index in [2.05, 4.69) is 4.74 Å². The summed E-state index contributed by atoms with van der Waals surface area (Å²) in [5.41, 5.74) is 7.18. The van der Waals surface area contributed by atoms with E-state index in [1.54, 1.807) is 17.0 Å². The van der Waals surface area contributed by atoms with Crippen LogP contribution in [-0.4, -0.2) is 36.5 Å². The van der Waals surface area contributed by atoms with E-state index in [4.69, 9.17) is 5.73 Å². The van der Waals surface area contributed by atoms with Crippen LogP contribution in [0.3, 0.4) is 0 Å². The van der Waals surface area contributed by atoms with E-state index in [9.17, 15) is 9.59 Å². The summed E-state index contributed by atoms with van der Waals surface area (Å²) in [6.07, 6.45) is 2.04. The number of ether oxygens (including phenoxy) is 1. The summed E-state index contributed by atoms with van der Waals surface area (Å²) in [6, 6.07) is 7.25. The molecule has 0 radical (unpaired) electrons. The smallest absolute Gasteiger partial charge is 0.307 e. The van der Waals surface area contributed by atoms with Gasteiger partial charge in [0.15, 0.2) is 0 Å². The molecular formula is C15H21ClN2O3. The number of hydrogen-bond acceptors (Lipinski definition) is 4. The lowest BCUT2D eigenvalue weighted by atomic mass is 10.1. The monoisotopic (exact) mass is 312 g/mol. The highest BCUT2D eigenvalue weighted by molar-refractivity contribution is 5.95. The summed E-state index contributed by atoms with van der Waals surface area (Å²) in [6.45, 7) is 1.16. The molecule has 2 N–H and O–H groups in total. The van der Waals surface area contributed by atoms with Crippen molar-refractivity contribution in [2.45, 2.75) is 31.8 Å². The molecule has 1 amide bonds. The van der Waals surface area contributed by atoms with Gasteiger partial charge in [-0.15, -0.1) is 12.4 Å². The van der Waals surface area contributed by atoms with Gasteiger partial charge in [-0.3, -0.25) is 9.59 Å². The minimum atomic E-state index is -0.270. The second kappa shape index (κ2) is 8.00. The van der Waals surface area contributed by atoms with Crippen LogP contribution < -0.4 is 5.73 Å². The predicted octanol–water partition coefficient (Wildman–Crippen LogP) is 1.73. The summed E-state index contributed by atoms with van der Waals surface area (Å²) in [5, 5.41) is 0. The molecule has 0 spiro atoms. The second-order valence-corrected chi connectivity index (χ2v) is 4.98. The standard InChI is InChI=1S/C15H20N2O3.ClH/c1-20-14(18)9-13-3-2-8-17(13)15(19)12-6-4-11(10-16)5-7-12;/h4-7,13H,2-3,8-10,16H2,1H3;1H. The summed E-state index contributed by atoms with van der Waals surface area (Å²) >= 11 is 0. The third-order valence-electron chi connectivity index (χ3n) is 3.70. The third-order valence-corrected chi connectivity index (χ3v) is 3.70. The molecule has 1 aliphatic rings. The molecule has 1 unspecified atom stereocenters. The molecule has 2 rings (SSSR count). The van der Waals surface area contributed by atoms with Gasteiger partial charge < -0.3 is 15.4 Å². The van der Waals surface area contributed by atoms with Crippen molar-refractivity contribution in [1.29, 1.82) is 0 Å². The highest BCUT2D eigenvalue weighted by atomic mass is 35.5. The number of amides is 1. The Hall–Kier alpha value is -1.59. The van der Waals surface area contributed by atoms with Gasteiger partial charge in [-0.1, -0.05) is 12.1 Å². The predicted molar refractivity (Wildman–Crippen MR) is 82.3 cm³/mol. The van der Waals surface area contributed by atoms with Gasteiger partial charge in [0, 0.05) is 24.7 Å². The van der Waals surface area contributed by atoms with Crippen molar-refractivity contribution < 1.29 is 14.3 Å². The number of likely N-dealkylation sites (tertiary alicyclic amines) is 1. The van der Waals surface area contributed by atoms with Crippen LogP contribution >= 0.6 is 12.4 Å². The Bertz CT molecular complexity index is 490. The van der Waals surface area contributed by atoms with Crippen molar-refractivity contribution in [2.24, 2.45) is 5.73 Å². The molecule has 1 aromatic carbocycles. The Morgan fingerprint density at radius 2 is 2.00 bits per heavy atom. The van der Waals surface area contributed by atoms with Crippen molar-refractivity contribution in [2.75, 3.05) is 13.7 Å². The van der Waals surface area contributed by atoms with Gasteiger partial charge in [0.05, 0.1) is 13.5 Å². The Morgan fingerprint density at radius 1 is 1.33 bits per heavy atom. The number of hydrogen-bond donors (Lipinski definition) is 1. The Kier molecular flexibility index (Phi) is 6.65. The van der Waals surface area contributed by atoms with E-state index in [-0.39, 0.29) is 36.7 Å². The van der Waals surface area contributed by atoms with E-state index in [0.29, 0.717) is 18.7 Å². The maximum Gasteiger partial charge on any atom is 0.307 e. The number of rotatable bonds is 4. The van der Waals surface area contributed by atoms with Crippen LogP contribution in [0.2, 0.25) is 0 Å². The maximum atomic E-state index is 12.5. The highest BCUT2D eigenvalue weighted by Gasteiger charge is 2.31. The minimum Gasteiger partial charge on any atom is -0.469 e. The summed E-state index contributed by atoms with van der Waals surface area (Å²) < 4.78 is 4.69. The van der Waals surface area contributed by atoms with Crippen LogP contribution in [-0.2, 0) is 16.1 Å². The van der Waals surface area contributed by atoms with Crippen molar-refractivity contribution >= 4 is 24.3 Å². The maximum absolute atomic E-state index is 12.5. The van der Waals surface area contributed by atoms with E-state index in [1.807, 2.05) is 12.1 Å². The normalized spacial score (nSPS) is 17.2. The molecule has 5 nitrogen and oxygen atoms in total. The average Bonchev–Trinajstić information content (AvgIpc) is 2.94. The molecule has 1 aromatic rings. The fourth-order valence-corrected chi connectivity index (χ4v) is 2.54. The van der Waals surface area contributed by atoms with E-state index in [0.717, 1.165) is 18.4 Å². The highest BCUT2D eigenvalue weighted by Crippen LogP contribution is 2.23. The number of carbonyl (C=O) groups excluding carboxylic acids is 2. The minimum absolute atomic E-state index is 0. The van der Waals surface area contributed by atoms with E-state index < -0.39 is 0 Å². The first-order valence-corrected chi connectivity index (χ1v) is 6.82. The van der Waals surface area contributed by atoms with Crippen LogP contribution in [0, 0.1) is 0 Å². The lowest BCUT2D eigenvalue weighted by Crippen LogP contribution is -2.37. The number of nitrogens with zero attached hydrogens (tertiary/aromatic N) is 1. The van der Waals surface area contributed by atoms with Crippen molar-refractivity contribution in [3.05, 3.63) is 35.4 Å². The van der Waals surface area contributed by atoms with Crippen molar-refractivity contribution in [3.8, 4) is 0 Å². The van der Waals surface area contributed by atoms with Gasteiger partial charge in [-0.05, 0) is 30.5 Å². The number of methoxy groups -OCH3 is 1. The van der Waals surface area contributed by atoms with Crippen LogP contribution in [0.4, 0.5) is 0 Å². The number of esters is 1. The molecule has 1 atom stereocenters. The van der Waals surface area contributed by atoms with Crippen LogP contribution in [0.25, 0.3) is 0 Å². The zero-order valence-electron chi connectivity index (χ0n) is 12.1. The quantitative estimate of drug-likeness (QED) is 0.859. The van der Waals surface area contributed by atoms with Gasteiger partial charge >= 0.3 is 5.97 Å². The number of benzene rings is 1. The van der Waals surface area contributed by atoms with Crippen LogP contribution in [0.1, 0.15) is 35.2 Å². The van der Waals surface area contributed by atoms with Crippen LogP contribution in [0.15, 0.2) is 24.3 Å². The van der Waals surface area contributed by atoms with E-state index >= 15 is 0 Å². The molecule has 116 valence electrons. The molecule has 0 saturated carbocycles. The Balaban J connectivity index is 0.00000220. The molecule has 0 aromatic heterocycles. The van der Waals surface area contributed by atoms with Crippen molar-refractivity contribution in [3.63, 3.8) is 0 Å². The largest absolute Gasteiger partial charge is 0.469 e. The van der Waals surface area contributed by atoms with Gasteiger partial charge in [-0.25, -0.2) is 0 Å². The van der Waals surface area contributed by atoms with Gasteiger partial charge in [0.1, 0.15) is 0 Å². The summed E-state index contributed by atoms with van der Waals surface area (Å²) in [7, 11) is 1.37. The molecule has 1 heterocycles. The zero-order chi connectivity index (χ0) is 14.5.